The lowest BCUT2D eigenvalue weighted by Crippen LogP contribution is -2.44. The summed E-state index contributed by atoms with van der Waals surface area (Å²) in [6, 6.07) is 8.75. The lowest BCUT2D eigenvalue weighted by Gasteiger charge is -2.32. The number of nitrogens with zero attached hydrogens (tertiary/aromatic N) is 3. The molecule has 0 spiro atoms. The second-order valence-electron chi connectivity index (χ2n) is 8.88. The smallest absolute Gasteiger partial charge is 0.310 e. The van der Waals surface area contributed by atoms with Crippen molar-refractivity contribution in [2.45, 2.75) is 40.0 Å². The quantitative estimate of drug-likeness (QED) is 0.488. The Morgan fingerprint density at radius 1 is 1.29 bits per heavy atom. The Morgan fingerprint density at radius 3 is 2.76 bits per heavy atom. The van der Waals surface area contributed by atoms with Crippen molar-refractivity contribution in [1.82, 2.24) is 15.0 Å². The number of piperidine rings is 1. The molecular weight excluding hydrogens is 458 g/mol. The number of carbonyl (C=O) groups is 3. The Hall–Kier alpha value is -2.87. The summed E-state index contributed by atoms with van der Waals surface area (Å²) in [5.74, 6) is -0.300. The number of halogens is 1. The first-order valence-electron chi connectivity index (χ1n) is 11.8. The molecule has 0 bridgehead atoms. The fourth-order valence-electron chi connectivity index (χ4n) is 4.09. The van der Waals surface area contributed by atoms with Gasteiger partial charge in [-0.3, -0.25) is 14.4 Å². The molecular formula is C25H32ClN3O5. The van der Waals surface area contributed by atoms with Crippen molar-refractivity contribution < 1.29 is 23.6 Å². The minimum Gasteiger partial charge on any atom is -0.466 e. The summed E-state index contributed by atoms with van der Waals surface area (Å²) in [4.78, 5) is 41.5. The third kappa shape index (κ3) is 6.59. The van der Waals surface area contributed by atoms with Crippen molar-refractivity contribution in [2.24, 2.45) is 11.8 Å². The van der Waals surface area contributed by atoms with Gasteiger partial charge in [-0.05, 0) is 37.8 Å². The molecule has 1 unspecified atom stereocenters. The predicted octanol–water partition coefficient (Wildman–Crippen LogP) is 4.29. The number of aromatic nitrogens is 1. The van der Waals surface area contributed by atoms with Gasteiger partial charge in [-0.1, -0.05) is 42.7 Å². The average molecular weight is 490 g/mol. The molecule has 9 heteroatoms. The van der Waals surface area contributed by atoms with Crippen LogP contribution in [0.2, 0.25) is 5.02 Å². The molecule has 8 nitrogen and oxygen atoms in total. The van der Waals surface area contributed by atoms with Crippen LogP contribution >= 0.6 is 11.6 Å². The highest BCUT2D eigenvalue weighted by Gasteiger charge is 2.30. The molecule has 1 aliphatic heterocycles. The normalized spacial score (nSPS) is 15.9. The summed E-state index contributed by atoms with van der Waals surface area (Å²) in [5.41, 5.74) is 0.825. The van der Waals surface area contributed by atoms with Crippen molar-refractivity contribution in [3.8, 4) is 11.3 Å². The maximum Gasteiger partial charge on any atom is 0.310 e. The molecule has 2 heterocycles. The van der Waals surface area contributed by atoms with Crippen molar-refractivity contribution in [3.05, 3.63) is 41.0 Å². The highest BCUT2D eigenvalue weighted by atomic mass is 35.5. The molecule has 0 N–H and O–H groups in total. The van der Waals surface area contributed by atoms with Gasteiger partial charge in [0, 0.05) is 44.2 Å². The summed E-state index contributed by atoms with van der Waals surface area (Å²) < 4.78 is 10.5. The van der Waals surface area contributed by atoms with Crippen LogP contribution in [0.25, 0.3) is 11.3 Å². The van der Waals surface area contributed by atoms with E-state index in [-0.39, 0.29) is 48.3 Å². The molecule has 1 aromatic carbocycles. The first kappa shape index (κ1) is 25.7. The van der Waals surface area contributed by atoms with Crippen LogP contribution in [0.3, 0.4) is 0 Å². The molecule has 0 radical (unpaired) electrons. The number of ether oxygens (including phenoxy) is 1. The van der Waals surface area contributed by atoms with Crippen LogP contribution in [0.15, 0.2) is 34.9 Å². The van der Waals surface area contributed by atoms with Crippen LogP contribution in [-0.2, 0) is 14.3 Å². The SMILES string of the molecule is CCOC(=O)C1CCCN(C(=O)CCN(CC(C)C)C(=O)c2cc(-c3ccccc3Cl)on2)C1. The maximum atomic E-state index is 13.2. The summed E-state index contributed by atoms with van der Waals surface area (Å²) in [6.45, 7) is 7.82. The molecule has 1 aromatic heterocycles. The van der Waals surface area contributed by atoms with E-state index < -0.39 is 0 Å². The van der Waals surface area contributed by atoms with Gasteiger partial charge in [0.25, 0.3) is 5.91 Å². The monoisotopic (exact) mass is 489 g/mol. The number of hydrogen-bond donors (Lipinski definition) is 0. The lowest BCUT2D eigenvalue weighted by atomic mass is 9.98. The van der Waals surface area contributed by atoms with Crippen molar-refractivity contribution >= 4 is 29.4 Å². The number of rotatable bonds is 9. The van der Waals surface area contributed by atoms with E-state index in [1.807, 2.05) is 26.0 Å². The Kier molecular flexibility index (Phi) is 9.10. The summed E-state index contributed by atoms with van der Waals surface area (Å²) >= 11 is 6.23. The fraction of sp³-hybridized carbons (Fsp3) is 0.520. The highest BCUT2D eigenvalue weighted by Crippen LogP contribution is 2.28. The third-order valence-electron chi connectivity index (χ3n) is 5.73. The molecule has 184 valence electrons. The molecule has 1 aliphatic rings. The molecule has 1 fully saturated rings. The number of carbonyl (C=O) groups excluding carboxylic acids is 3. The summed E-state index contributed by atoms with van der Waals surface area (Å²) in [7, 11) is 0. The zero-order valence-electron chi connectivity index (χ0n) is 20.0. The Bertz CT molecular complexity index is 1010. The van der Waals surface area contributed by atoms with E-state index in [0.717, 1.165) is 12.8 Å². The van der Waals surface area contributed by atoms with E-state index >= 15 is 0 Å². The van der Waals surface area contributed by atoms with Crippen molar-refractivity contribution in [1.29, 1.82) is 0 Å². The minimum atomic E-state index is -0.299. The van der Waals surface area contributed by atoms with Crippen molar-refractivity contribution in [3.63, 3.8) is 0 Å². The van der Waals surface area contributed by atoms with E-state index in [4.69, 9.17) is 20.9 Å². The van der Waals surface area contributed by atoms with E-state index in [9.17, 15) is 14.4 Å². The van der Waals surface area contributed by atoms with Gasteiger partial charge in [-0.2, -0.15) is 0 Å². The van der Waals surface area contributed by atoms with E-state index in [2.05, 4.69) is 5.16 Å². The molecule has 2 aromatic rings. The van der Waals surface area contributed by atoms with Crippen LogP contribution in [0.4, 0.5) is 0 Å². The second kappa shape index (κ2) is 12.0. The van der Waals surface area contributed by atoms with E-state index in [0.29, 0.717) is 42.6 Å². The molecule has 34 heavy (non-hydrogen) atoms. The largest absolute Gasteiger partial charge is 0.466 e. The zero-order valence-corrected chi connectivity index (χ0v) is 20.7. The van der Waals surface area contributed by atoms with Gasteiger partial charge in [0.1, 0.15) is 0 Å². The topological polar surface area (TPSA) is 93.0 Å². The number of hydrogen-bond acceptors (Lipinski definition) is 6. The van der Waals surface area contributed by atoms with Gasteiger partial charge in [-0.25, -0.2) is 0 Å². The average Bonchev–Trinajstić information content (AvgIpc) is 3.31. The van der Waals surface area contributed by atoms with Gasteiger partial charge >= 0.3 is 5.97 Å². The second-order valence-corrected chi connectivity index (χ2v) is 9.29. The van der Waals surface area contributed by atoms with Crippen LogP contribution in [0.5, 0.6) is 0 Å². The van der Waals surface area contributed by atoms with Gasteiger partial charge < -0.3 is 19.1 Å². The van der Waals surface area contributed by atoms with Crippen molar-refractivity contribution in [2.75, 3.05) is 32.8 Å². The van der Waals surface area contributed by atoms with Crippen LogP contribution in [0, 0.1) is 11.8 Å². The standard InChI is InChI=1S/C25H32ClN3O5/c1-4-33-25(32)18-8-7-12-28(16-18)23(30)11-13-29(15-17(2)3)24(31)21-14-22(34-27-21)19-9-5-6-10-20(19)26/h5-6,9-10,14,17-18H,4,7-8,11-13,15-16H2,1-3H3. The minimum absolute atomic E-state index is 0.0764. The molecule has 3 rings (SSSR count). The molecule has 0 saturated carbocycles. The van der Waals surface area contributed by atoms with E-state index in [1.54, 1.807) is 34.9 Å². The van der Waals surface area contributed by atoms with Crippen LogP contribution in [0.1, 0.15) is 50.5 Å². The summed E-state index contributed by atoms with van der Waals surface area (Å²) in [5, 5.41) is 4.46. The number of esters is 1. The number of amides is 2. The summed E-state index contributed by atoms with van der Waals surface area (Å²) in [6.07, 6.45) is 1.65. The first-order chi connectivity index (χ1) is 16.3. The Balaban J connectivity index is 1.65. The first-order valence-corrected chi connectivity index (χ1v) is 12.1. The molecule has 0 aliphatic carbocycles. The molecule has 2 amide bonds. The Labute approximate surface area is 205 Å². The Morgan fingerprint density at radius 2 is 2.06 bits per heavy atom. The number of likely N-dealkylation sites (tertiary alicyclic amines) is 1. The molecule has 1 saturated heterocycles. The third-order valence-corrected chi connectivity index (χ3v) is 6.06. The van der Waals surface area contributed by atoms with Crippen LogP contribution in [-0.4, -0.2) is 65.5 Å². The van der Waals surface area contributed by atoms with Gasteiger partial charge in [-0.15, -0.1) is 0 Å². The van der Waals surface area contributed by atoms with Gasteiger partial charge in [0.2, 0.25) is 5.91 Å². The van der Waals surface area contributed by atoms with Crippen LogP contribution < -0.4 is 0 Å². The van der Waals surface area contributed by atoms with E-state index in [1.165, 1.54) is 0 Å². The van der Waals surface area contributed by atoms with Gasteiger partial charge in [0.05, 0.1) is 17.5 Å². The van der Waals surface area contributed by atoms with Gasteiger partial charge in [0.15, 0.2) is 11.5 Å². The zero-order chi connectivity index (χ0) is 24.7. The molecule has 1 atom stereocenters. The highest BCUT2D eigenvalue weighted by molar-refractivity contribution is 6.33. The lowest BCUT2D eigenvalue weighted by molar-refractivity contribution is -0.151. The predicted molar refractivity (Wildman–Crippen MR) is 128 cm³/mol. The fourth-order valence-corrected chi connectivity index (χ4v) is 4.32. The maximum absolute atomic E-state index is 13.2. The number of benzene rings is 1.